The summed E-state index contributed by atoms with van der Waals surface area (Å²) in [4.78, 5) is 12.2. The number of hydrogen-bond donors (Lipinski definition) is 1. The highest BCUT2D eigenvalue weighted by atomic mass is 32.2. The Morgan fingerprint density at radius 2 is 2.05 bits per heavy atom. The summed E-state index contributed by atoms with van der Waals surface area (Å²) in [5, 5.41) is 5.13. The van der Waals surface area contributed by atoms with E-state index < -0.39 is 27.5 Å². The van der Waals surface area contributed by atoms with E-state index in [4.69, 9.17) is 14.6 Å². The van der Waals surface area contributed by atoms with Gasteiger partial charge in [-0.25, -0.2) is 13.6 Å². The molecule has 0 aliphatic carbocycles. The lowest BCUT2D eigenvalue weighted by Crippen LogP contribution is -2.30. The van der Waals surface area contributed by atoms with Crippen LogP contribution in [0.1, 0.15) is 38.7 Å². The lowest BCUT2D eigenvalue weighted by atomic mass is 9.93. The van der Waals surface area contributed by atoms with E-state index in [-0.39, 0.29) is 4.90 Å². The molecule has 7 heteroatoms. The first-order chi connectivity index (χ1) is 9.58. The maximum atomic E-state index is 12.3. The third-order valence-corrected chi connectivity index (χ3v) is 3.95. The molecule has 1 aromatic carbocycles. The number of hydrogen-bond acceptors (Lipinski definition) is 5. The molecule has 0 aromatic heterocycles. The summed E-state index contributed by atoms with van der Waals surface area (Å²) in [6, 6.07) is 4.27. The van der Waals surface area contributed by atoms with Gasteiger partial charge in [-0.3, -0.25) is 4.79 Å². The van der Waals surface area contributed by atoms with Crippen molar-refractivity contribution in [2.45, 2.75) is 43.6 Å². The molecule has 2 rings (SSSR count). The van der Waals surface area contributed by atoms with Gasteiger partial charge >= 0.3 is 5.97 Å². The molecule has 0 bridgehead atoms. The number of carbonyl (C=O) groups is 1. The van der Waals surface area contributed by atoms with E-state index in [0.29, 0.717) is 24.3 Å². The molecule has 0 fully saturated rings. The van der Waals surface area contributed by atoms with Crippen molar-refractivity contribution in [3.63, 3.8) is 0 Å². The van der Waals surface area contributed by atoms with E-state index in [0.717, 1.165) is 0 Å². The Labute approximate surface area is 124 Å². The van der Waals surface area contributed by atoms with E-state index in [9.17, 15) is 13.2 Å². The van der Waals surface area contributed by atoms with Gasteiger partial charge in [0, 0.05) is 5.56 Å². The molecule has 1 aliphatic rings. The zero-order valence-electron chi connectivity index (χ0n) is 12.3. The van der Waals surface area contributed by atoms with Crippen LogP contribution >= 0.6 is 0 Å². The van der Waals surface area contributed by atoms with Gasteiger partial charge in [0.15, 0.2) is 0 Å². The first kappa shape index (κ1) is 15.8. The van der Waals surface area contributed by atoms with Crippen LogP contribution in [0.2, 0.25) is 0 Å². The summed E-state index contributed by atoms with van der Waals surface area (Å²) in [5.74, 6) is -0.446. The first-order valence-corrected chi connectivity index (χ1v) is 8.15. The second-order valence-electron chi connectivity index (χ2n) is 5.97. The SMILES string of the molecule is CC(C)(C)OC(=O)C1CCOc2ccc(S(N)(=O)=O)cc21. The number of esters is 1. The van der Waals surface area contributed by atoms with Crippen LogP contribution in [0.15, 0.2) is 23.1 Å². The molecular weight excluding hydrogens is 294 g/mol. The molecule has 1 atom stereocenters. The highest BCUT2D eigenvalue weighted by Gasteiger charge is 2.32. The predicted molar refractivity (Wildman–Crippen MR) is 76.5 cm³/mol. The minimum absolute atomic E-state index is 0.0414. The Bertz CT molecular complexity index is 660. The Morgan fingerprint density at radius 1 is 1.38 bits per heavy atom. The molecule has 1 aliphatic heterocycles. The van der Waals surface area contributed by atoms with E-state index in [1.54, 1.807) is 20.8 Å². The molecule has 1 heterocycles. The van der Waals surface area contributed by atoms with Crippen LogP contribution in [0.25, 0.3) is 0 Å². The van der Waals surface area contributed by atoms with Crippen LogP contribution in [-0.4, -0.2) is 26.6 Å². The summed E-state index contributed by atoms with van der Waals surface area (Å²) in [5.41, 5.74) is -0.102. The van der Waals surface area contributed by atoms with Crippen LogP contribution in [0.3, 0.4) is 0 Å². The van der Waals surface area contributed by atoms with Crippen molar-refractivity contribution in [1.29, 1.82) is 0 Å². The number of sulfonamides is 1. The van der Waals surface area contributed by atoms with Crippen molar-refractivity contribution >= 4 is 16.0 Å². The van der Waals surface area contributed by atoms with Gasteiger partial charge in [-0.2, -0.15) is 0 Å². The van der Waals surface area contributed by atoms with Gasteiger partial charge < -0.3 is 9.47 Å². The fourth-order valence-electron chi connectivity index (χ4n) is 2.17. The van der Waals surface area contributed by atoms with Crippen LogP contribution < -0.4 is 9.88 Å². The minimum Gasteiger partial charge on any atom is -0.493 e. The molecule has 21 heavy (non-hydrogen) atoms. The van der Waals surface area contributed by atoms with Crippen molar-refractivity contribution in [3.05, 3.63) is 23.8 Å². The monoisotopic (exact) mass is 313 g/mol. The number of carbonyl (C=O) groups excluding carboxylic acids is 1. The maximum Gasteiger partial charge on any atom is 0.314 e. The van der Waals surface area contributed by atoms with Gasteiger partial charge in [-0.05, 0) is 45.4 Å². The molecule has 0 spiro atoms. The molecule has 116 valence electrons. The minimum atomic E-state index is -3.83. The summed E-state index contributed by atoms with van der Waals surface area (Å²) in [7, 11) is -3.83. The van der Waals surface area contributed by atoms with Crippen LogP contribution in [-0.2, 0) is 19.6 Å². The Balaban J connectivity index is 2.40. The van der Waals surface area contributed by atoms with Gasteiger partial charge in [0.1, 0.15) is 11.4 Å². The third kappa shape index (κ3) is 3.74. The standard InChI is InChI=1S/C14H19NO5S/c1-14(2,3)20-13(16)10-6-7-19-12-5-4-9(8-11(10)12)21(15,17)18/h4-5,8,10H,6-7H2,1-3H3,(H2,15,17,18). The van der Waals surface area contributed by atoms with Crippen molar-refractivity contribution in [2.24, 2.45) is 5.14 Å². The number of fused-ring (bicyclic) bond motifs is 1. The van der Waals surface area contributed by atoms with Gasteiger partial charge in [-0.15, -0.1) is 0 Å². The molecular formula is C14H19NO5S. The molecule has 1 unspecified atom stereocenters. The summed E-state index contributed by atoms with van der Waals surface area (Å²) in [6.07, 6.45) is 0.440. The molecule has 0 saturated carbocycles. The highest BCUT2D eigenvalue weighted by Crippen LogP contribution is 2.36. The van der Waals surface area contributed by atoms with Crippen LogP contribution in [0.4, 0.5) is 0 Å². The fourth-order valence-corrected chi connectivity index (χ4v) is 2.72. The highest BCUT2D eigenvalue weighted by molar-refractivity contribution is 7.89. The van der Waals surface area contributed by atoms with Gasteiger partial charge in [0.05, 0.1) is 17.4 Å². The van der Waals surface area contributed by atoms with Crippen molar-refractivity contribution in [3.8, 4) is 5.75 Å². The third-order valence-electron chi connectivity index (χ3n) is 3.04. The zero-order chi connectivity index (χ0) is 15.8. The molecule has 0 amide bonds. The van der Waals surface area contributed by atoms with Gasteiger partial charge in [-0.1, -0.05) is 0 Å². The maximum absolute atomic E-state index is 12.3. The Hall–Kier alpha value is -1.60. The zero-order valence-corrected chi connectivity index (χ0v) is 13.1. The topological polar surface area (TPSA) is 95.7 Å². The number of rotatable bonds is 2. The molecule has 1 aromatic rings. The summed E-state index contributed by atoms with van der Waals surface area (Å²) in [6.45, 7) is 5.73. The number of nitrogens with two attached hydrogens (primary N) is 1. The smallest absolute Gasteiger partial charge is 0.314 e. The quantitative estimate of drug-likeness (QED) is 0.836. The lowest BCUT2D eigenvalue weighted by molar-refractivity contribution is -0.157. The lowest BCUT2D eigenvalue weighted by Gasteiger charge is -2.28. The molecule has 0 radical (unpaired) electrons. The fraction of sp³-hybridized carbons (Fsp3) is 0.500. The molecule has 0 saturated heterocycles. The second kappa shape index (κ2) is 5.31. The van der Waals surface area contributed by atoms with Gasteiger partial charge in [0.25, 0.3) is 0 Å². The first-order valence-electron chi connectivity index (χ1n) is 6.60. The summed E-state index contributed by atoms with van der Waals surface area (Å²) < 4.78 is 33.7. The molecule has 6 nitrogen and oxygen atoms in total. The van der Waals surface area contributed by atoms with Crippen molar-refractivity contribution in [1.82, 2.24) is 0 Å². The average molecular weight is 313 g/mol. The Kier molecular flexibility index (Phi) is 3.99. The molecule has 2 N–H and O–H groups in total. The predicted octanol–water partition coefficient (Wildman–Crippen LogP) is 1.54. The Morgan fingerprint density at radius 3 is 2.62 bits per heavy atom. The number of primary sulfonamides is 1. The second-order valence-corrected chi connectivity index (χ2v) is 7.53. The van der Waals surface area contributed by atoms with Gasteiger partial charge in [0.2, 0.25) is 10.0 Å². The van der Waals surface area contributed by atoms with E-state index in [2.05, 4.69) is 0 Å². The van der Waals surface area contributed by atoms with Crippen molar-refractivity contribution < 1.29 is 22.7 Å². The number of benzene rings is 1. The van der Waals surface area contributed by atoms with E-state index in [1.165, 1.54) is 18.2 Å². The average Bonchev–Trinajstić information content (AvgIpc) is 2.34. The number of ether oxygens (including phenoxy) is 2. The summed E-state index contributed by atoms with van der Waals surface area (Å²) >= 11 is 0. The van der Waals surface area contributed by atoms with Crippen LogP contribution in [0, 0.1) is 0 Å². The van der Waals surface area contributed by atoms with Crippen molar-refractivity contribution in [2.75, 3.05) is 6.61 Å². The normalized spacial score (nSPS) is 18.6. The van der Waals surface area contributed by atoms with Crippen LogP contribution in [0.5, 0.6) is 5.75 Å². The van der Waals surface area contributed by atoms with E-state index >= 15 is 0 Å². The largest absolute Gasteiger partial charge is 0.493 e. The van der Waals surface area contributed by atoms with E-state index in [1.807, 2.05) is 0 Å².